The van der Waals surface area contributed by atoms with E-state index in [4.69, 9.17) is 9.47 Å². The molecule has 1 aromatic rings. The van der Waals surface area contributed by atoms with E-state index in [-0.39, 0.29) is 36.1 Å². The number of rotatable bonds is 3. The summed E-state index contributed by atoms with van der Waals surface area (Å²) in [4.78, 5) is 16.6. The van der Waals surface area contributed by atoms with Gasteiger partial charge in [-0.15, -0.1) is 0 Å². The Balaban J connectivity index is 1.26. The van der Waals surface area contributed by atoms with Crippen LogP contribution in [0.4, 0.5) is 14.9 Å². The highest BCUT2D eigenvalue weighted by atomic mass is 79.9. The summed E-state index contributed by atoms with van der Waals surface area (Å²) in [5.74, 6) is 0.370. The van der Waals surface area contributed by atoms with Gasteiger partial charge >= 0.3 is 6.09 Å². The number of halogens is 2. The van der Waals surface area contributed by atoms with Gasteiger partial charge in [0.2, 0.25) is 0 Å². The normalized spacial score (nSPS) is 30.4. The first-order chi connectivity index (χ1) is 17.2. The molecule has 0 spiro atoms. The number of allylic oxidation sites excluding steroid dienone is 3. The fourth-order valence-electron chi connectivity index (χ4n) is 5.97. The second-order valence-electron chi connectivity index (χ2n) is 11.4. The molecule has 0 aromatic heterocycles. The monoisotopic (exact) mass is 561 g/mol. The lowest BCUT2D eigenvalue weighted by atomic mass is 9.73. The highest BCUT2D eigenvalue weighted by molar-refractivity contribution is 9.10. The molecule has 6 nitrogen and oxygen atoms in total. The molecule has 1 amide bonds. The van der Waals surface area contributed by atoms with Crippen molar-refractivity contribution in [1.29, 1.82) is 0 Å². The van der Waals surface area contributed by atoms with Crippen LogP contribution in [0.2, 0.25) is 0 Å². The number of benzene rings is 1. The molecular formula is C28H37BrFN3O3. The summed E-state index contributed by atoms with van der Waals surface area (Å²) in [5.41, 5.74) is 1.01. The van der Waals surface area contributed by atoms with Crippen molar-refractivity contribution in [1.82, 2.24) is 9.80 Å². The Morgan fingerprint density at radius 2 is 1.97 bits per heavy atom. The van der Waals surface area contributed by atoms with E-state index in [0.717, 1.165) is 48.9 Å². The molecule has 196 valence electrons. The van der Waals surface area contributed by atoms with Crippen LogP contribution in [0.1, 0.15) is 51.7 Å². The molecule has 36 heavy (non-hydrogen) atoms. The van der Waals surface area contributed by atoms with Gasteiger partial charge in [0.25, 0.3) is 0 Å². The van der Waals surface area contributed by atoms with Gasteiger partial charge in [-0.1, -0.05) is 40.2 Å². The van der Waals surface area contributed by atoms with E-state index in [0.29, 0.717) is 24.7 Å². The third kappa shape index (κ3) is 5.65. The number of hydrogen-bond donors (Lipinski definition) is 1. The van der Waals surface area contributed by atoms with Gasteiger partial charge in [0.1, 0.15) is 11.4 Å². The zero-order valence-corrected chi connectivity index (χ0v) is 23.0. The minimum absolute atomic E-state index is 0.0785. The lowest BCUT2D eigenvalue weighted by molar-refractivity contribution is -0.107. The van der Waals surface area contributed by atoms with Crippen LogP contribution in [0.3, 0.4) is 0 Å². The molecular weight excluding hydrogens is 525 g/mol. The first kappa shape index (κ1) is 25.7. The molecule has 1 aliphatic carbocycles. The van der Waals surface area contributed by atoms with E-state index in [1.54, 1.807) is 4.90 Å². The quantitative estimate of drug-likeness (QED) is 0.497. The molecule has 2 fully saturated rings. The number of nitrogens with zero attached hydrogens (tertiary/aromatic N) is 2. The second-order valence-corrected chi connectivity index (χ2v) is 12.3. The number of nitrogens with one attached hydrogen (secondary N) is 1. The van der Waals surface area contributed by atoms with Gasteiger partial charge in [-0.25, -0.2) is 9.18 Å². The summed E-state index contributed by atoms with van der Waals surface area (Å²) in [6.45, 7) is 9.41. The van der Waals surface area contributed by atoms with Crippen LogP contribution in [0.25, 0.3) is 0 Å². The van der Waals surface area contributed by atoms with Crippen LogP contribution in [0.15, 0.2) is 40.9 Å². The molecule has 2 saturated heterocycles. The fraction of sp³-hybridized carbons (Fsp3) is 0.607. The number of amides is 1. The Morgan fingerprint density at radius 3 is 2.67 bits per heavy atom. The number of ether oxygens (including phenoxy) is 2. The summed E-state index contributed by atoms with van der Waals surface area (Å²) in [7, 11) is 0. The molecule has 1 unspecified atom stereocenters. The summed E-state index contributed by atoms with van der Waals surface area (Å²) in [6.07, 6.45) is 11.3. The topological polar surface area (TPSA) is 54.0 Å². The third-order valence-corrected chi connectivity index (χ3v) is 8.13. The Bertz CT molecular complexity index is 1030. The van der Waals surface area contributed by atoms with Crippen LogP contribution in [0.5, 0.6) is 0 Å². The molecule has 0 radical (unpaired) electrons. The van der Waals surface area contributed by atoms with Crippen molar-refractivity contribution in [3.8, 4) is 0 Å². The first-order valence-corrected chi connectivity index (χ1v) is 13.9. The molecule has 3 heterocycles. The Kier molecular flexibility index (Phi) is 7.48. The Hall–Kier alpha value is -1.90. The van der Waals surface area contributed by atoms with Crippen molar-refractivity contribution >= 4 is 27.7 Å². The highest BCUT2D eigenvalue weighted by Crippen LogP contribution is 2.49. The number of anilines is 1. The standard InChI is InChI=1S/C28H37BrFN3O3/c1-28(2,3)36-27(34)33-13-11-32(12-14-33)17-20-9-10-21-24(18-7-5-4-6-8-18)31-25-22(26(21)35-20)15-19(29)16-23(25)30/h4-7,15-16,18,20-21,24,26,31H,8-14,17H2,1-3H3/t18?,20-,21+,24+,26+/m1/s1. The minimum atomic E-state index is -0.484. The summed E-state index contributed by atoms with van der Waals surface area (Å²) < 4.78 is 28.1. The van der Waals surface area contributed by atoms with Gasteiger partial charge < -0.3 is 19.7 Å². The maximum Gasteiger partial charge on any atom is 0.410 e. The molecule has 1 aromatic carbocycles. The summed E-state index contributed by atoms with van der Waals surface area (Å²) in [6, 6.07) is 3.68. The molecule has 1 N–H and O–H groups in total. The number of fused-ring (bicyclic) bond motifs is 3. The van der Waals surface area contributed by atoms with E-state index in [1.165, 1.54) is 6.07 Å². The zero-order chi connectivity index (χ0) is 25.4. The number of carbonyl (C=O) groups is 1. The predicted molar refractivity (Wildman–Crippen MR) is 142 cm³/mol. The van der Waals surface area contributed by atoms with Crippen LogP contribution < -0.4 is 5.32 Å². The molecule has 0 bridgehead atoms. The van der Waals surface area contributed by atoms with Gasteiger partial charge in [0.15, 0.2) is 0 Å². The van der Waals surface area contributed by atoms with Crippen molar-refractivity contribution in [3.63, 3.8) is 0 Å². The van der Waals surface area contributed by atoms with Crippen LogP contribution in [0, 0.1) is 17.7 Å². The Morgan fingerprint density at radius 1 is 1.19 bits per heavy atom. The lowest BCUT2D eigenvalue weighted by Crippen LogP contribution is -2.53. The largest absolute Gasteiger partial charge is 0.444 e. The number of hydrogen-bond acceptors (Lipinski definition) is 5. The van der Waals surface area contributed by atoms with E-state index in [9.17, 15) is 4.79 Å². The number of piperazine rings is 1. The van der Waals surface area contributed by atoms with E-state index >= 15 is 4.39 Å². The maximum atomic E-state index is 15.1. The number of carbonyl (C=O) groups excluding carboxylic acids is 1. The van der Waals surface area contributed by atoms with E-state index in [1.807, 2.05) is 26.8 Å². The third-order valence-electron chi connectivity index (χ3n) is 7.68. The maximum absolute atomic E-state index is 15.1. The van der Waals surface area contributed by atoms with Crippen molar-refractivity contribution in [2.75, 3.05) is 38.0 Å². The average molecular weight is 563 g/mol. The lowest BCUT2D eigenvalue weighted by Gasteiger charge is -2.48. The SMILES string of the molecule is CC(C)(C)OC(=O)N1CCN(C[C@H]2CC[C@@H]3[C@H](O2)c2cc(Br)cc(F)c2N[C@H]3C2C=CC=CC2)CC1. The van der Waals surface area contributed by atoms with Crippen molar-refractivity contribution < 1.29 is 18.7 Å². The average Bonchev–Trinajstić information content (AvgIpc) is 2.83. The molecule has 5 rings (SSSR count). The van der Waals surface area contributed by atoms with Crippen LogP contribution in [-0.2, 0) is 9.47 Å². The van der Waals surface area contributed by atoms with Crippen molar-refractivity contribution in [3.05, 3.63) is 52.3 Å². The molecule has 5 atom stereocenters. The zero-order valence-electron chi connectivity index (χ0n) is 21.4. The van der Waals surface area contributed by atoms with Crippen molar-refractivity contribution in [2.45, 2.75) is 63.9 Å². The molecule has 4 aliphatic rings. The smallest absolute Gasteiger partial charge is 0.410 e. The van der Waals surface area contributed by atoms with E-state index in [2.05, 4.69) is 50.5 Å². The molecule has 3 aliphatic heterocycles. The molecule has 0 saturated carbocycles. The van der Waals surface area contributed by atoms with Gasteiger partial charge in [0.05, 0.1) is 17.9 Å². The first-order valence-electron chi connectivity index (χ1n) is 13.1. The molecule has 8 heteroatoms. The minimum Gasteiger partial charge on any atom is -0.444 e. The van der Waals surface area contributed by atoms with Gasteiger partial charge in [-0.3, -0.25) is 4.90 Å². The van der Waals surface area contributed by atoms with Crippen LogP contribution in [-0.4, -0.2) is 66.4 Å². The predicted octanol–water partition coefficient (Wildman–Crippen LogP) is 5.90. The van der Waals surface area contributed by atoms with Gasteiger partial charge in [-0.2, -0.15) is 0 Å². The van der Waals surface area contributed by atoms with Gasteiger partial charge in [-0.05, 0) is 52.2 Å². The van der Waals surface area contributed by atoms with E-state index < -0.39 is 5.60 Å². The summed E-state index contributed by atoms with van der Waals surface area (Å²) in [5, 5.41) is 3.57. The van der Waals surface area contributed by atoms with Gasteiger partial charge in [0, 0.05) is 60.6 Å². The second kappa shape index (κ2) is 10.5. The summed E-state index contributed by atoms with van der Waals surface area (Å²) >= 11 is 3.49. The fourth-order valence-corrected chi connectivity index (χ4v) is 6.42. The van der Waals surface area contributed by atoms with Crippen LogP contribution >= 0.6 is 15.9 Å². The van der Waals surface area contributed by atoms with Crippen molar-refractivity contribution in [2.24, 2.45) is 11.8 Å². The Labute approximate surface area is 222 Å². The highest BCUT2D eigenvalue weighted by Gasteiger charge is 2.45.